The molecular weight excluding hydrogens is 246 g/mol. The second-order valence-corrected chi connectivity index (χ2v) is 7.39. The first-order valence-corrected chi connectivity index (χ1v) is 7.79. The molecule has 1 saturated heterocycles. The Kier molecular flexibility index (Phi) is 3.34. The number of likely N-dealkylation sites (N-methyl/N-ethyl adjacent to an activating group) is 1. The summed E-state index contributed by atoms with van der Waals surface area (Å²) in [5.41, 5.74) is 0. The Labute approximate surface area is 99.4 Å². The SMILES string of the molecule is CN(Cc1cccs1)[C@@H]1CS(=O)(=O)C[C@H]1O. The standard InChI is InChI=1S/C10H15NO3S2/c1-11(5-8-3-2-4-15-8)9-6-16(13,14)7-10(9)12/h2-4,9-10,12H,5-7H2,1H3/t9-,10-/m1/s1. The molecule has 0 saturated carbocycles. The van der Waals surface area contributed by atoms with Gasteiger partial charge in [-0.1, -0.05) is 6.07 Å². The van der Waals surface area contributed by atoms with Gasteiger partial charge in [0, 0.05) is 11.4 Å². The van der Waals surface area contributed by atoms with Gasteiger partial charge in [-0.3, -0.25) is 4.90 Å². The lowest BCUT2D eigenvalue weighted by Gasteiger charge is -2.25. The van der Waals surface area contributed by atoms with Crippen LogP contribution in [0, 0.1) is 0 Å². The smallest absolute Gasteiger partial charge is 0.154 e. The number of rotatable bonds is 3. The lowest BCUT2D eigenvalue weighted by Crippen LogP contribution is -2.39. The van der Waals surface area contributed by atoms with Gasteiger partial charge < -0.3 is 5.11 Å². The average molecular weight is 261 g/mol. The van der Waals surface area contributed by atoms with Crippen molar-refractivity contribution < 1.29 is 13.5 Å². The highest BCUT2D eigenvalue weighted by molar-refractivity contribution is 7.91. The molecule has 16 heavy (non-hydrogen) atoms. The van der Waals surface area contributed by atoms with Gasteiger partial charge in [0.2, 0.25) is 0 Å². The number of sulfone groups is 1. The van der Waals surface area contributed by atoms with Gasteiger partial charge in [0.05, 0.1) is 23.7 Å². The molecule has 2 heterocycles. The van der Waals surface area contributed by atoms with E-state index >= 15 is 0 Å². The molecule has 1 fully saturated rings. The molecule has 1 aliphatic heterocycles. The summed E-state index contributed by atoms with van der Waals surface area (Å²) >= 11 is 1.64. The molecule has 2 atom stereocenters. The topological polar surface area (TPSA) is 57.6 Å². The van der Waals surface area contributed by atoms with Gasteiger partial charge in [-0.15, -0.1) is 11.3 Å². The Morgan fingerprint density at radius 2 is 2.31 bits per heavy atom. The fraction of sp³-hybridized carbons (Fsp3) is 0.600. The summed E-state index contributed by atoms with van der Waals surface area (Å²) in [4.78, 5) is 3.10. The molecule has 0 aliphatic carbocycles. The quantitative estimate of drug-likeness (QED) is 0.852. The first kappa shape index (κ1) is 12.0. The van der Waals surface area contributed by atoms with Crippen LogP contribution in [0.3, 0.4) is 0 Å². The van der Waals surface area contributed by atoms with Gasteiger partial charge in [-0.25, -0.2) is 8.42 Å². The number of aliphatic hydroxyl groups excluding tert-OH is 1. The maximum absolute atomic E-state index is 11.4. The second-order valence-electron chi connectivity index (χ2n) is 4.21. The van der Waals surface area contributed by atoms with Gasteiger partial charge >= 0.3 is 0 Å². The van der Waals surface area contributed by atoms with E-state index in [2.05, 4.69) is 0 Å². The summed E-state index contributed by atoms with van der Waals surface area (Å²) in [5, 5.41) is 11.7. The summed E-state index contributed by atoms with van der Waals surface area (Å²) in [6, 6.07) is 3.71. The summed E-state index contributed by atoms with van der Waals surface area (Å²) in [6.45, 7) is 0.689. The predicted molar refractivity (Wildman–Crippen MR) is 64.2 cm³/mol. The van der Waals surface area contributed by atoms with E-state index < -0.39 is 15.9 Å². The molecule has 0 aromatic carbocycles. The van der Waals surface area contributed by atoms with Crippen LogP contribution in [0.5, 0.6) is 0 Å². The minimum absolute atomic E-state index is 0.0655. The van der Waals surface area contributed by atoms with Crippen molar-refractivity contribution in [3.05, 3.63) is 22.4 Å². The van der Waals surface area contributed by atoms with E-state index in [-0.39, 0.29) is 17.5 Å². The van der Waals surface area contributed by atoms with Crippen molar-refractivity contribution in [1.82, 2.24) is 4.90 Å². The molecule has 1 aliphatic rings. The lowest BCUT2D eigenvalue weighted by atomic mass is 10.2. The molecule has 90 valence electrons. The zero-order chi connectivity index (χ0) is 11.8. The highest BCUT2D eigenvalue weighted by Gasteiger charge is 2.38. The van der Waals surface area contributed by atoms with Crippen molar-refractivity contribution in [2.45, 2.75) is 18.7 Å². The van der Waals surface area contributed by atoms with Crippen molar-refractivity contribution >= 4 is 21.2 Å². The average Bonchev–Trinajstić information content (AvgIpc) is 2.73. The highest BCUT2D eigenvalue weighted by Crippen LogP contribution is 2.20. The van der Waals surface area contributed by atoms with Crippen LogP contribution in [0.4, 0.5) is 0 Å². The first-order chi connectivity index (χ1) is 7.48. The number of hydrogen-bond donors (Lipinski definition) is 1. The monoisotopic (exact) mass is 261 g/mol. The van der Waals surface area contributed by atoms with E-state index in [0.29, 0.717) is 6.54 Å². The van der Waals surface area contributed by atoms with Crippen LogP contribution in [-0.4, -0.2) is 49.1 Å². The third-order valence-corrected chi connectivity index (χ3v) is 5.40. The second kappa shape index (κ2) is 4.44. The van der Waals surface area contributed by atoms with E-state index in [9.17, 15) is 13.5 Å². The Balaban J connectivity index is 2.03. The third kappa shape index (κ3) is 2.63. The van der Waals surface area contributed by atoms with Crippen LogP contribution in [0.25, 0.3) is 0 Å². The Morgan fingerprint density at radius 3 is 2.81 bits per heavy atom. The van der Waals surface area contributed by atoms with E-state index in [1.54, 1.807) is 11.3 Å². The van der Waals surface area contributed by atoms with Crippen LogP contribution in [0.15, 0.2) is 17.5 Å². The zero-order valence-corrected chi connectivity index (χ0v) is 10.7. The minimum atomic E-state index is -3.06. The van der Waals surface area contributed by atoms with Crippen LogP contribution >= 0.6 is 11.3 Å². The number of aliphatic hydroxyl groups is 1. The zero-order valence-electron chi connectivity index (χ0n) is 9.04. The molecule has 1 aromatic heterocycles. The van der Waals surface area contributed by atoms with E-state index in [0.717, 1.165) is 0 Å². The molecule has 4 nitrogen and oxygen atoms in total. The molecule has 6 heteroatoms. The van der Waals surface area contributed by atoms with Gasteiger partial charge in [-0.2, -0.15) is 0 Å². The van der Waals surface area contributed by atoms with Crippen molar-refractivity contribution in [3.8, 4) is 0 Å². The van der Waals surface area contributed by atoms with Crippen molar-refractivity contribution in [2.24, 2.45) is 0 Å². The molecular formula is C10H15NO3S2. The van der Waals surface area contributed by atoms with Gasteiger partial charge in [0.1, 0.15) is 0 Å². The van der Waals surface area contributed by atoms with E-state index in [1.807, 2.05) is 29.5 Å². The Hall–Kier alpha value is -0.430. The highest BCUT2D eigenvalue weighted by atomic mass is 32.2. The normalized spacial score (nSPS) is 28.7. The molecule has 0 unspecified atom stereocenters. The molecule has 0 amide bonds. The van der Waals surface area contributed by atoms with Crippen molar-refractivity contribution in [1.29, 1.82) is 0 Å². The largest absolute Gasteiger partial charge is 0.390 e. The predicted octanol–water partition coefficient (Wildman–Crippen LogP) is 0.338. The Bertz CT molecular complexity index is 441. The Morgan fingerprint density at radius 1 is 1.56 bits per heavy atom. The molecule has 2 rings (SSSR count). The summed E-state index contributed by atoms with van der Waals surface area (Å²) in [7, 11) is -1.20. The molecule has 1 aromatic rings. The molecule has 0 bridgehead atoms. The fourth-order valence-electron chi connectivity index (χ4n) is 2.00. The van der Waals surface area contributed by atoms with Crippen molar-refractivity contribution in [3.63, 3.8) is 0 Å². The molecule has 1 N–H and O–H groups in total. The minimum Gasteiger partial charge on any atom is -0.390 e. The van der Waals surface area contributed by atoms with E-state index in [1.165, 1.54) is 4.88 Å². The maximum Gasteiger partial charge on any atom is 0.154 e. The number of hydrogen-bond acceptors (Lipinski definition) is 5. The first-order valence-electron chi connectivity index (χ1n) is 5.09. The van der Waals surface area contributed by atoms with Crippen LogP contribution in [-0.2, 0) is 16.4 Å². The van der Waals surface area contributed by atoms with E-state index in [4.69, 9.17) is 0 Å². The van der Waals surface area contributed by atoms with Gasteiger partial charge in [-0.05, 0) is 18.5 Å². The third-order valence-electron chi connectivity index (χ3n) is 2.85. The lowest BCUT2D eigenvalue weighted by molar-refractivity contribution is 0.0963. The summed E-state index contributed by atoms with van der Waals surface area (Å²) in [5.74, 6) is -0.0392. The fourth-order valence-corrected chi connectivity index (χ4v) is 4.64. The summed E-state index contributed by atoms with van der Waals surface area (Å²) in [6.07, 6.45) is -0.755. The van der Waals surface area contributed by atoms with Crippen LogP contribution in [0.1, 0.15) is 4.88 Å². The maximum atomic E-state index is 11.4. The van der Waals surface area contributed by atoms with Crippen LogP contribution < -0.4 is 0 Å². The number of thiophene rings is 1. The molecule has 0 spiro atoms. The van der Waals surface area contributed by atoms with Gasteiger partial charge in [0.25, 0.3) is 0 Å². The summed E-state index contributed by atoms with van der Waals surface area (Å²) < 4.78 is 22.7. The van der Waals surface area contributed by atoms with Gasteiger partial charge in [0.15, 0.2) is 9.84 Å². The molecule has 0 radical (unpaired) electrons. The van der Waals surface area contributed by atoms with Crippen molar-refractivity contribution in [2.75, 3.05) is 18.6 Å². The number of nitrogens with zero attached hydrogens (tertiary/aromatic N) is 1. The van der Waals surface area contributed by atoms with Crippen LogP contribution in [0.2, 0.25) is 0 Å².